The molecule has 1 aromatic carbocycles. The topological polar surface area (TPSA) is 83.7 Å². The van der Waals surface area contributed by atoms with E-state index < -0.39 is 0 Å². The summed E-state index contributed by atoms with van der Waals surface area (Å²) in [6.45, 7) is 9.58. The monoisotopic (exact) mass is 495 g/mol. The van der Waals surface area contributed by atoms with Gasteiger partial charge in [0, 0.05) is 49.7 Å². The fourth-order valence-corrected chi connectivity index (χ4v) is 4.67. The summed E-state index contributed by atoms with van der Waals surface area (Å²) >= 11 is 1.52. The van der Waals surface area contributed by atoms with Crippen LogP contribution in [0.4, 0.5) is 11.5 Å². The van der Waals surface area contributed by atoms with Gasteiger partial charge in [0.2, 0.25) is 0 Å². The van der Waals surface area contributed by atoms with Gasteiger partial charge in [0.25, 0.3) is 5.91 Å². The van der Waals surface area contributed by atoms with E-state index >= 15 is 0 Å². The molecule has 0 atom stereocenters. The molecule has 35 heavy (non-hydrogen) atoms. The second-order valence-electron chi connectivity index (χ2n) is 8.71. The highest BCUT2D eigenvalue weighted by molar-refractivity contribution is 7.98. The molecule has 2 aromatic heterocycles. The van der Waals surface area contributed by atoms with Gasteiger partial charge in [-0.15, -0.1) is 0 Å². The predicted octanol–water partition coefficient (Wildman–Crippen LogP) is 4.40. The number of carbonyl (C=O) groups is 1. The van der Waals surface area contributed by atoms with Gasteiger partial charge in [0.1, 0.15) is 17.3 Å². The standard InChI is InChI=1S/C26H33N5O3S/c1-5-19-16-24(31-14-12-30(13-15-31)20-6-8-21(33-4)9-7-20)29-26(28-19)35-17-22-10-11-23(34-22)25(32)27-18(2)3/h6-11,16,18H,5,12-15,17H2,1-4H3,(H,27,32). The third kappa shape index (κ3) is 6.48. The highest BCUT2D eigenvalue weighted by Crippen LogP contribution is 2.26. The minimum atomic E-state index is -0.198. The van der Waals surface area contributed by atoms with E-state index in [-0.39, 0.29) is 11.9 Å². The van der Waals surface area contributed by atoms with Crippen molar-refractivity contribution >= 4 is 29.2 Å². The number of nitrogens with zero attached hydrogens (tertiary/aromatic N) is 4. The van der Waals surface area contributed by atoms with Crippen LogP contribution in [0.3, 0.4) is 0 Å². The van der Waals surface area contributed by atoms with E-state index in [1.54, 1.807) is 13.2 Å². The molecule has 8 nitrogen and oxygen atoms in total. The molecule has 1 aliphatic rings. The number of furan rings is 1. The van der Waals surface area contributed by atoms with Gasteiger partial charge in [-0.05, 0) is 56.7 Å². The zero-order valence-electron chi connectivity index (χ0n) is 20.8. The lowest BCUT2D eigenvalue weighted by molar-refractivity contribution is 0.0913. The number of aryl methyl sites for hydroxylation is 1. The average molecular weight is 496 g/mol. The summed E-state index contributed by atoms with van der Waals surface area (Å²) < 4.78 is 11.0. The summed E-state index contributed by atoms with van der Waals surface area (Å²) in [5.74, 6) is 3.25. The molecule has 9 heteroatoms. The maximum absolute atomic E-state index is 12.1. The first-order valence-corrected chi connectivity index (χ1v) is 13.0. The van der Waals surface area contributed by atoms with E-state index in [0.29, 0.717) is 11.5 Å². The van der Waals surface area contributed by atoms with E-state index in [4.69, 9.17) is 19.1 Å². The van der Waals surface area contributed by atoms with Crippen LogP contribution in [-0.2, 0) is 12.2 Å². The Kier molecular flexibility index (Phi) is 8.17. The SMILES string of the molecule is CCc1cc(N2CCN(c3ccc(OC)cc3)CC2)nc(SCc2ccc(C(=O)NC(C)C)o2)n1. The van der Waals surface area contributed by atoms with Gasteiger partial charge in [-0.25, -0.2) is 9.97 Å². The molecule has 3 aromatic rings. The second kappa shape index (κ2) is 11.5. The number of thioether (sulfide) groups is 1. The number of nitrogens with one attached hydrogen (secondary N) is 1. The number of hydrogen-bond donors (Lipinski definition) is 1. The molecule has 1 saturated heterocycles. The molecule has 0 unspecified atom stereocenters. The molecule has 0 spiro atoms. The maximum Gasteiger partial charge on any atom is 0.287 e. The highest BCUT2D eigenvalue weighted by atomic mass is 32.2. The summed E-state index contributed by atoms with van der Waals surface area (Å²) in [5, 5.41) is 3.57. The normalized spacial score (nSPS) is 13.9. The fourth-order valence-electron chi connectivity index (χ4n) is 3.90. The first kappa shape index (κ1) is 24.9. The lowest BCUT2D eigenvalue weighted by Gasteiger charge is -2.37. The van der Waals surface area contributed by atoms with Crippen LogP contribution in [0.5, 0.6) is 5.75 Å². The quantitative estimate of drug-likeness (QED) is 0.346. The van der Waals surface area contributed by atoms with Crippen molar-refractivity contribution in [3.8, 4) is 5.75 Å². The zero-order valence-corrected chi connectivity index (χ0v) is 21.6. The predicted molar refractivity (Wildman–Crippen MR) is 140 cm³/mol. The Morgan fingerprint density at radius 3 is 2.46 bits per heavy atom. The van der Waals surface area contributed by atoms with Crippen molar-refractivity contribution in [1.29, 1.82) is 0 Å². The Balaban J connectivity index is 1.38. The van der Waals surface area contributed by atoms with E-state index in [1.807, 2.05) is 32.0 Å². The fraction of sp³-hybridized carbons (Fsp3) is 0.423. The first-order valence-electron chi connectivity index (χ1n) is 12.0. The lowest BCUT2D eigenvalue weighted by atomic mass is 10.2. The number of methoxy groups -OCH3 is 1. The largest absolute Gasteiger partial charge is 0.497 e. The number of hydrogen-bond acceptors (Lipinski definition) is 8. The molecule has 186 valence electrons. The van der Waals surface area contributed by atoms with Gasteiger partial charge >= 0.3 is 0 Å². The van der Waals surface area contributed by atoms with Crippen molar-refractivity contribution in [2.45, 2.75) is 44.1 Å². The van der Waals surface area contributed by atoms with Crippen molar-refractivity contribution in [3.05, 3.63) is 59.7 Å². The van der Waals surface area contributed by atoms with E-state index in [2.05, 4.69) is 40.2 Å². The van der Waals surface area contributed by atoms with Crippen molar-refractivity contribution in [2.24, 2.45) is 0 Å². The number of aromatic nitrogens is 2. The molecule has 1 amide bonds. The molecule has 0 radical (unpaired) electrons. The number of carbonyl (C=O) groups excluding carboxylic acids is 1. The van der Waals surface area contributed by atoms with Gasteiger partial charge in [-0.3, -0.25) is 4.79 Å². The minimum Gasteiger partial charge on any atom is -0.497 e. The third-order valence-electron chi connectivity index (χ3n) is 5.80. The van der Waals surface area contributed by atoms with Crippen LogP contribution in [0.15, 0.2) is 52.0 Å². The van der Waals surface area contributed by atoms with Crippen LogP contribution in [0.1, 0.15) is 42.8 Å². The number of anilines is 2. The Morgan fingerprint density at radius 1 is 1.09 bits per heavy atom. The van der Waals surface area contributed by atoms with Gasteiger partial charge in [-0.1, -0.05) is 18.7 Å². The summed E-state index contributed by atoms with van der Waals surface area (Å²) in [7, 11) is 1.69. The molecule has 1 aliphatic heterocycles. The first-order chi connectivity index (χ1) is 16.9. The molecule has 0 bridgehead atoms. The molecule has 4 rings (SSSR count). The molecule has 3 heterocycles. The third-order valence-corrected chi connectivity index (χ3v) is 6.67. The van der Waals surface area contributed by atoms with E-state index in [0.717, 1.165) is 60.8 Å². The Hall–Kier alpha value is -3.20. The van der Waals surface area contributed by atoms with E-state index in [1.165, 1.54) is 17.4 Å². The number of benzene rings is 1. The molecule has 1 N–H and O–H groups in total. The number of amides is 1. The lowest BCUT2D eigenvalue weighted by Crippen LogP contribution is -2.46. The van der Waals surface area contributed by atoms with Gasteiger partial charge in [0.05, 0.1) is 12.9 Å². The van der Waals surface area contributed by atoms with Gasteiger partial charge in [-0.2, -0.15) is 0 Å². The van der Waals surface area contributed by atoms with Crippen molar-refractivity contribution < 1.29 is 13.9 Å². The van der Waals surface area contributed by atoms with Crippen LogP contribution < -0.4 is 19.9 Å². The molecule has 0 saturated carbocycles. The smallest absolute Gasteiger partial charge is 0.287 e. The van der Waals surface area contributed by atoms with E-state index in [9.17, 15) is 4.79 Å². The Labute approximate surface area is 211 Å². The molecule has 1 fully saturated rings. The Bertz CT molecular complexity index is 1120. The molecular formula is C26H33N5O3S. The zero-order chi connectivity index (χ0) is 24.8. The van der Waals surface area contributed by atoms with Crippen molar-refractivity contribution in [2.75, 3.05) is 43.1 Å². The Morgan fingerprint density at radius 2 is 1.80 bits per heavy atom. The number of piperazine rings is 1. The number of rotatable bonds is 9. The van der Waals surface area contributed by atoms with Crippen LogP contribution in [0, 0.1) is 0 Å². The molecule has 0 aliphatic carbocycles. The van der Waals surface area contributed by atoms with Crippen LogP contribution >= 0.6 is 11.8 Å². The van der Waals surface area contributed by atoms with Crippen LogP contribution in [0.25, 0.3) is 0 Å². The maximum atomic E-state index is 12.1. The minimum absolute atomic E-state index is 0.0621. The van der Waals surface area contributed by atoms with Crippen LogP contribution in [-0.4, -0.2) is 55.2 Å². The van der Waals surface area contributed by atoms with Crippen LogP contribution in [0.2, 0.25) is 0 Å². The van der Waals surface area contributed by atoms with Gasteiger partial charge < -0.3 is 24.3 Å². The summed E-state index contributed by atoms with van der Waals surface area (Å²) in [6.07, 6.45) is 0.842. The average Bonchev–Trinajstić information content (AvgIpc) is 3.36. The second-order valence-corrected chi connectivity index (χ2v) is 9.65. The van der Waals surface area contributed by atoms with Crippen molar-refractivity contribution in [1.82, 2.24) is 15.3 Å². The summed E-state index contributed by atoms with van der Waals surface area (Å²) in [6, 6.07) is 13.9. The number of ether oxygens (including phenoxy) is 1. The highest BCUT2D eigenvalue weighted by Gasteiger charge is 2.20. The van der Waals surface area contributed by atoms with Gasteiger partial charge in [0.15, 0.2) is 10.9 Å². The summed E-state index contributed by atoms with van der Waals surface area (Å²) in [5.41, 5.74) is 2.23. The summed E-state index contributed by atoms with van der Waals surface area (Å²) in [4.78, 5) is 26.4. The van der Waals surface area contributed by atoms with Crippen molar-refractivity contribution in [3.63, 3.8) is 0 Å². The molecular weight excluding hydrogens is 462 g/mol.